The largest absolute Gasteiger partial charge is 0.359 e. The van der Waals surface area contributed by atoms with Crippen molar-refractivity contribution in [1.29, 1.82) is 0 Å². The molecule has 3 N–H and O–H groups in total. The second-order valence-corrected chi connectivity index (χ2v) is 6.41. The SMILES string of the molecule is CCNC(=NCC(C)(C)C(=O)NC)NCCc1ccc(F)cc1C.I. The second kappa shape index (κ2) is 11.3. The van der Waals surface area contributed by atoms with Crippen LogP contribution in [0.1, 0.15) is 31.9 Å². The lowest BCUT2D eigenvalue weighted by Crippen LogP contribution is -2.41. The van der Waals surface area contributed by atoms with Crippen LogP contribution >= 0.6 is 24.0 Å². The summed E-state index contributed by atoms with van der Waals surface area (Å²) in [4.78, 5) is 16.3. The molecule has 0 aliphatic carbocycles. The summed E-state index contributed by atoms with van der Waals surface area (Å²) in [5.74, 6) is 0.425. The standard InChI is InChI=1S/C18H29FN4O.HI/c1-6-21-17(23-12-18(3,4)16(24)20-5)22-10-9-14-7-8-15(19)11-13(14)2;/h7-8,11H,6,9-10,12H2,1-5H3,(H,20,24)(H2,21,22,23);1H. The van der Waals surface area contributed by atoms with Gasteiger partial charge in [0.05, 0.1) is 12.0 Å². The molecule has 0 spiro atoms. The first-order valence-electron chi connectivity index (χ1n) is 8.29. The van der Waals surface area contributed by atoms with Gasteiger partial charge in [0.2, 0.25) is 5.91 Å². The molecule has 0 saturated heterocycles. The highest BCUT2D eigenvalue weighted by atomic mass is 127. The maximum atomic E-state index is 13.1. The summed E-state index contributed by atoms with van der Waals surface area (Å²) < 4.78 is 13.1. The molecule has 0 bridgehead atoms. The molecule has 0 aliphatic rings. The van der Waals surface area contributed by atoms with E-state index in [1.807, 2.05) is 33.8 Å². The van der Waals surface area contributed by atoms with Gasteiger partial charge in [0.25, 0.3) is 0 Å². The lowest BCUT2D eigenvalue weighted by molar-refractivity contribution is -0.128. The smallest absolute Gasteiger partial charge is 0.227 e. The molecule has 1 amide bonds. The molecule has 142 valence electrons. The van der Waals surface area contributed by atoms with Crippen LogP contribution in [-0.2, 0) is 11.2 Å². The van der Waals surface area contributed by atoms with E-state index < -0.39 is 5.41 Å². The van der Waals surface area contributed by atoms with E-state index in [1.54, 1.807) is 13.1 Å². The maximum absolute atomic E-state index is 13.1. The number of benzene rings is 1. The number of hydrogen-bond donors (Lipinski definition) is 3. The summed E-state index contributed by atoms with van der Waals surface area (Å²) in [5, 5.41) is 9.08. The number of nitrogens with one attached hydrogen (secondary N) is 3. The predicted octanol–water partition coefficient (Wildman–Crippen LogP) is 2.62. The van der Waals surface area contributed by atoms with Gasteiger partial charge in [-0.2, -0.15) is 0 Å². The van der Waals surface area contributed by atoms with E-state index in [4.69, 9.17) is 0 Å². The highest BCUT2D eigenvalue weighted by Crippen LogP contribution is 2.15. The van der Waals surface area contributed by atoms with Gasteiger partial charge in [0.15, 0.2) is 5.96 Å². The molecular weight excluding hydrogens is 434 g/mol. The number of rotatable bonds is 7. The highest BCUT2D eigenvalue weighted by molar-refractivity contribution is 14.0. The number of amides is 1. The molecule has 1 rings (SSSR count). The summed E-state index contributed by atoms with van der Waals surface area (Å²) in [6, 6.07) is 4.83. The van der Waals surface area contributed by atoms with E-state index >= 15 is 0 Å². The van der Waals surface area contributed by atoms with Crippen LogP contribution < -0.4 is 16.0 Å². The first kappa shape index (κ1) is 23.6. The fraction of sp³-hybridized carbons (Fsp3) is 0.556. The minimum Gasteiger partial charge on any atom is -0.359 e. The Balaban J connectivity index is 0.00000576. The number of halogens is 2. The van der Waals surface area contributed by atoms with Crippen LogP contribution in [-0.4, -0.2) is 38.5 Å². The quantitative estimate of drug-likeness (QED) is 0.330. The van der Waals surface area contributed by atoms with Crippen molar-refractivity contribution >= 4 is 35.8 Å². The number of guanidine groups is 1. The number of hydrogen-bond acceptors (Lipinski definition) is 2. The van der Waals surface area contributed by atoms with Crippen LogP contribution in [0.25, 0.3) is 0 Å². The molecule has 0 aliphatic heterocycles. The Morgan fingerprint density at radius 1 is 1.28 bits per heavy atom. The molecule has 1 aromatic carbocycles. The Morgan fingerprint density at radius 3 is 2.52 bits per heavy atom. The zero-order chi connectivity index (χ0) is 18.2. The highest BCUT2D eigenvalue weighted by Gasteiger charge is 2.26. The van der Waals surface area contributed by atoms with Crippen LogP contribution in [0, 0.1) is 18.2 Å². The predicted molar refractivity (Wildman–Crippen MR) is 112 cm³/mol. The van der Waals surface area contributed by atoms with Crippen molar-refractivity contribution in [3.8, 4) is 0 Å². The number of carbonyl (C=O) groups is 1. The lowest BCUT2D eigenvalue weighted by atomic mass is 9.93. The van der Waals surface area contributed by atoms with Crippen molar-refractivity contribution in [2.24, 2.45) is 10.4 Å². The normalized spacial score (nSPS) is 11.5. The monoisotopic (exact) mass is 464 g/mol. The van der Waals surface area contributed by atoms with Crippen LogP contribution in [0.4, 0.5) is 4.39 Å². The van der Waals surface area contributed by atoms with Gasteiger partial charge in [-0.1, -0.05) is 6.07 Å². The van der Waals surface area contributed by atoms with Gasteiger partial charge in [-0.15, -0.1) is 24.0 Å². The van der Waals surface area contributed by atoms with Gasteiger partial charge in [-0.3, -0.25) is 9.79 Å². The Morgan fingerprint density at radius 2 is 1.96 bits per heavy atom. The van der Waals surface area contributed by atoms with E-state index in [2.05, 4.69) is 20.9 Å². The fourth-order valence-corrected chi connectivity index (χ4v) is 2.28. The summed E-state index contributed by atoms with van der Waals surface area (Å²) in [6.07, 6.45) is 0.773. The molecule has 25 heavy (non-hydrogen) atoms. The Kier molecular flexibility index (Phi) is 10.7. The van der Waals surface area contributed by atoms with Gasteiger partial charge < -0.3 is 16.0 Å². The van der Waals surface area contributed by atoms with E-state index in [-0.39, 0.29) is 35.7 Å². The molecule has 5 nitrogen and oxygen atoms in total. The van der Waals surface area contributed by atoms with Crippen molar-refractivity contribution in [2.45, 2.75) is 34.1 Å². The number of nitrogens with zero attached hydrogens (tertiary/aromatic N) is 1. The minimum atomic E-state index is -0.565. The Bertz CT molecular complexity index is 590. The van der Waals surface area contributed by atoms with E-state index in [0.29, 0.717) is 19.0 Å². The molecule has 0 saturated carbocycles. The number of aryl methyl sites for hydroxylation is 1. The zero-order valence-electron chi connectivity index (χ0n) is 15.7. The third kappa shape index (κ3) is 8.02. The van der Waals surface area contributed by atoms with E-state index in [1.165, 1.54) is 6.07 Å². The Hall–Kier alpha value is -1.38. The van der Waals surface area contributed by atoms with Gasteiger partial charge in [0.1, 0.15) is 5.82 Å². The molecule has 0 atom stereocenters. The molecule has 0 fully saturated rings. The van der Waals surface area contributed by atoms with Crippen molar-refractivity contribution < 1.29 is 9.18 Å². The van der Waals surface area contributed by atoms with E-state index in [0.717, 1.165) is 24.1 Å². The van der Waals surface area contributed by atoms with Crippen molar-refractivity contribution in [3.63, 3.8) is 0 Å². The van der Waals surface area contributed by atoms with Gasteiger partial charge in [-0.05, 0) is 57.4 Å². The summed E-state index contributed by atoms with van der Waals surface area (Å²) in [7, 11) is 1.63. The maximum Gasteiger partial charge on any atom is 0.227 e. The molecule has 0 radical (unpaired) electrons. The van der Waals surface area contributed by atoms with Gasteiger partial charge >= 0.3 is 0 Å². The minimum absolute atomic E-state index is 0. The van der Waals surface area contributed by atoms with E-state index in [9.17, 15) is 9.18 Å². The zero-order valence-corrected chi connectivity index (χ0v) is 18.0. The topological polar surface area (TPSA) is 65.5 Å². The Labute approximate surface area is 167 Å². The first-order chi connectivity index (χ1) is 11.3. The van der Waals surface area contributed by atoms with Crippen molar-refractivity contribution in [2.75, 3.05) is 26.7 Å². The third-order valence-electron chi connectivity index (χ3n) is 3.81. The molecule has 7 heteroatoms. The second-order valence-electron chi connectivity index (χ2n) is 6.41. The first-order valence-corrected chi connectivity index (χ1v) is 8.29. The van der Waals surface area contributed by atoms with Crippen LogP contribution in [0.5, 0.6) is 0 Å². The molecular formula is C18H30FIN4O. The average molecular weight is 464 g/mol. The molecule has 0 aromatic heterocycles. The van der Waals surface area contributed by atoms with Crippen LogP contribution in [0.3, 0.4) is 0 Å². The molecule has 0 unspecified atom stereocenters. The van der Waals surface area contributed by atoms with Crippen molar-refractivity contribution in [3.05, 3.63) is 35.1 Å². The molecule has 0 heterocycles. The molecule has 1 aromatic rings. The van der Waals surface area contributed by atoms with Crippen LogP contribution in [0.2, 0.25) is 0 Å². The lowest BCUT2D eigenvalue weighted by Gasteiger charge is -2.21. The number of aliphatic imine (C=N–C) groups is 1. The fourth-order valence-electron chi connectivity index (χ4n) is 2.28. The summed E-state index contributed by atoms with van der Waals surface area (Å²) in [6.45, 7) is 9.43. The van der Waals surface area contributed by atoms with Gasteiger partial charge in [-0.25, -0.2) is 4.39 Å². The number of carbonyl (C=O) groups excluding carboxylic acids is 1. The third-order valence-corrected chi connectivity index (χ3v) is 3.81. The van der Waals surface area contributed by atoms with Crippen molar-refractivity contribution in [1.82, 2.24) is 16.0 Å². The summed E-state index contributed by atoms with van der Waals surface area (Å²) >= 11 is 0. The summed E-state index contributed by atoms with van der Waals surface area (Å²) in [5.41, 5.74) is 1.48. The van der Waals surface area contributed by atoms with Gasteiger partial charge in [0, 0.05) is 20.1 Å². The van der Waals surface area contributed by atoms with Crippen LogP contribution in [0.15, 0.2) is 23.2 Å². The average Bonchev–Trinajstić information content (AvgIpc) is 2.53.